The molecule has 1 unspecified atom stereocenters. The molecule has 1 aliphatic carbocycles. The van der Waals surface area contributed by atoms with Crippen molar-refractivity contribution >= 4 is 9.84 Å². The molecule has 5 heteroatoms. The van der Waals surface area contributed by atoms with Gasteiger partial charge in [0.1, 0.15) is 0 Å². The number of hydrogen-bond acceptors (Lipinski definition) is 4. The summed E-state index contributed by atoms with van der Waals surface area (Å²) < 4.78 is 28.4. The molecule has 0 amide bonds. The van der Waals surface area contributed by atoms with Gasteiger partial charge >= 0.3 is 0 Å². The topological polar surface area (TPSA) is 55.4 Å². The van der Waals surface area contributed by atoms with E-state index in [9.17, 15) is 8.42 Å². The average Bonchev–Trinajstić information content (AvgIpc) is 2.92. The lowest BCUT2D eigenvalue weighted by Gasteiger charge is -2.35. The lowest BCUT2D eigenvalue weighted by atomic mass is 9.73. The first-order valence-electron chi connectivity index (χ1n) is 6.98. The van der Waals surface area contributed by atoms with E-state index in [0.29, 0.717) is 17.4 Å². The fourth-order valence-electron chi connectivity index (χ4n) is 3.60. The SMILES string of the molecule is COCCNCC1(C2CCS(=O)(=O)C2)CCCC1. The average molecular weight is 275 g/mol. The summed E-state index contributed by atoms with van der Waals surface area (Å²) in [6.07, 6.45) is 5.75. The summed E-state index contributed by atoms with van der Waals surface area (Å²) in [4.78, 5) is 0. The van der Waals surface area contributed by atoms with Gasteiger partial charge in [-0.2, -0.15) is 0 Å². The largest absolute Gasteiger partial charge is 0.383 e. The molecule has 1 aliphatic heterocycles. The van der Waals surface area contributed by atoms with Crippen LogP contribution in [0.2, 0.25) is 0 Å². The minimum Gasteiger partial charge on any atom is -0.383 e. The number of methoxy groups -OCH3 is 1. The second-order valence-electron chi connectivity index (χ2n) is 5.84. The number of rotatable bonds is 6. The van der Waals surface area contributed by atoms with Crippen LogP contribution in [-0.2, 0) is 14.6 Å². The van der Waals surface area contributed by atoms with E-state index in [0.717, 1.165) is 26.1 Å². The Balaban J connectivity index is 1.94. The zero-order valence-electron chi connectivity index (χ0n) is 11.3. The highest BCUT2D eigenvalue weighted by Crippen LogP contribution is 2.47. The van der Waals surface area contributed by atoms with Crippen LogP contribution in [0.5, 0.6) is 0 Å². The molecule has 18 heavy (non-hydrogen) atoms. The van der Waals surface area contributed by atoms with Crippen LogP contribution >= 0.6 is 0 Å². The Hall–Kier alpha value is -0.130. The number of nitrogens with one attached hydrogen (secondary N) is 1. The summed E-state index contributed by atoms with van der Waals surface area (Å²) in [5.74, 6) is 1.19. The van der Waals surface area contributed by atoms with Crippen molar-refractivity contribution in [2.45, 2.75) is 32.1 Å². The van der Waals surface area contributed by atoms with Gasteiger partial charge in [0, 0.05) is 20.2 Å². The molecule has 4 nitrogen and oxygen atoms in total. The molecule has 0 bridgehead atoms. The monoisotopic (exact) mass is 275 g/mol. The van der Waals surface area contributed by atoms with E-state index in [1.165, 1.54) is 25.7 Å². The highest BCUT2D eigenvalue weighted by Gasteiger charge is 2.45. The van der Waals surface area contributed by atoms with Crippen LogP contribution in [0.3, 0.4) is 0 Å². The summed E-state index contributed by atoms with van der Waals surface area (Å²) in [5.41, 5.74) is 0.233. The van der Waals surface area contributed by atoms with Crippen LogP contribution in [0.1, 0.15) is 32.1 Å². The highest BCUT2D eigenvalue weighted by molar-refractivity contribution is 7.91. The van der Waals surface area contributed by atoms with Crippen molar-refractivity contribution < 1.29 is 13.2 Å². The minimum atomic E-state index is -2.76. The number of ether oxygens (including phenoxy) is 1. The van der Waals surface area contributed by atoms with Gasteiger partial charge < -0.3 is 10.1 Å². The second-order valence-corrected chi connectivity index (χ2v) is 8.07. The summed E-state index contributed by atoms with van der Waals surface area (Å²) in [7, 11) is -1.05. The van der Waals surface area contributed by atoms with E-state index in [2.05, 4.69) is 5.32 Å². The summed E-state index contributed by atoms with van der Waals surface area (Å²) >= 11 is 0. The van der Waals surface area contributed by atoms with Crippen molar-refractivity contribution in [1.29, 1.82) is 0 Å². The third-order valence-corrected chi connectivity index (χ3v) is 6.43. The Kier molecular flexibility index (Phi) is 4.67. The van der Waals surface area contributed by atoms with E-state index < -0.39 is 9.84 Å². The predicted molar refractivity (Wildman–Crippen MR) is 72.4 cm³/mol. The lowest BCUT2D eigenvalue weighted by molar-refractivity contribution is 0.160. The maximum atomic E-state index is 11.7. The molecular formula is C13H25NO3S. The fraction of sp³-hybridized carbons (Fsp3) is 1.00. The van der Waals surface area contributed by atoms with Gasteiger partial charge in [-0.1, -0.05) is 12.8 Å². The second kappa shape index (κ2) is 5.88. The lowest BCUT2D eigenvalue weighted by Crippen LogP contribution is -2.40. The molecule has 106 valence electrons. The van der Waals surface area contributed by atoms with E-state index in [4.69, 9.17) is 4.74 Å². The molecule has 0 aromatic carbocycles. The first-order valence-corrected chi connectivity index (χ1v) is 8.80. The van der Waals surface area contributed by atoms with E-state index in [1.54, 1.807) is 7.11 Å². The Bertz CT molecular complexity index is 360. The molecule has 0 aromatic rings. The molecule has 2 fully saturated rings. The summed E-state index contributed by atoms with van der Waals surface area (Å²) in [6, 6.07) is 0. The first-order chi connectivity index (χ1) is 8.58. The molecule has 1 N–H and O–H groups in total. The van der Waals surface area contributed by atoms with Gasteiger partial charge in [-0.3, -0.25) is 0 Å². The van der Waals surface area contributed by atoms with Crippen LogP contribution < -0.4 is 5.32 Å². The third-order valence-electron chi connectivity index (χ3n) is 4.66. The molecule has 0 radical (unpaired) electrons. The van der Waals surface area contributed by atoms with Gasteiger partial charge in [-0.15, -0.1) is 0 Å². The van der Waals surface area contributed by atoms with Gasteiger partial charge in [-0.25, -0.2) is 8.42 Å². The number of sulfone groups is 1. The Labute approximate surface area is 110 Å². The van der Waals surface area contributed by atoms with Crippen molar-refractivity contribution in [3.63, 3.8) is 0 Å². The molecule has 0 aromatic heterocycles. The van der Waals surface area contributed by atoms with Crippen molar-refractivity contribution in [2.75, 3.05) is 38.3 Å². The van der Waals surface area contributed by atoms with Gasteiger partial charge in [0.2, 0.25) is 0 Å². The molecule has 1 saturated heterocycles. The van der Waals surface area contributed by atoms with E-state index >= 15 is 0 Å². The molecule has 1 heterocycles. The standard InChI is InChI=1S/C13H25NO3S/c1-17-8-7-14-11-13(5-2-3-6-13)12-4-9-18(15,16)10-12/h12,14H,2-11H2,1H3. The van der Waals surface area contributed by atoms with Crippen LogP contribution in [0, 0.1) is 11.3 Å². The van der Waals surface area contributed by atoms with Crippen molar-refractivity contribution in [1.82, 2.24) is 5.32 Å². The zero-order valence-corrected chi connectivity index (χ0v) is 12.1. The van der Waals surface area contributed by atoms with Gasteiger partial charge in [0.05, 0.1) is 18.1 Å². The molecule has 1 saturated carbocycles. The molecule has 1 atom stereocenters. The highest BCUT2D eigenvalue weighted by atomic mass is 32.2. The Morgan fingerprint density at radius 1 is 1.33 bits per heavy atom. The van der Waals surface area contributed by atoms with Crippen molar-refractivity contribution in [3.05, 3.63) is 0 Å². The maximum Gasteiger partial charge on any atom is 0.150 e. The van der Waals surface area contributed by atoms with Gasteiger partial charge in [-0.05, 0) is 30.6 Å². The van der Waals surface area contributed by atoms with Crippen molar-refractivity contribution in [3.8, 4) is 0 Å². The zero-order chi connectivity index (χ0) is 13.1. The van der Waals surface area contributed by atoms with Gasteiger partial charge in [0.15, 0.2) is 9.84 Å². The Morgan fingerprint density at radius 2 is 2.06 bits per heavy atom. The smallest absolute Gasteiger partial charge is 0.150 e. The summed E-state index contributed by atoms with van der Waals surface area (Å²) in [6.45, 7) is 2.54. The van der Waals surface area contributed by atoms with Crippen LogP contribution in [0.25, 0.3) is 0 Å². The third kappa shape index (κ3) is 3.25. The molecule has 2 aliphatic rings. The minimum absolute atomic E-state index is 0.233. The number of hydrogen-bond donors (Lipinski definition) is 1. The fourth-order valence-corrected chi connectivity index (χ4v) is 5.54. The van der Waals surface area contributed by atoms with E-state index in [-0.39, 0.29) is 5.41 Å². The molecular weight excluding hydrogens is 250 g/mol. The molecule has 0 spiro atoms. The van der Waals surface area contributed by atoms with Gasteiger partial charge in [0.25, 0.3) is 0 Å². The van der Waals surface area contributed by atoms with Crippen LogP contribution in [0.15, 0.2) is 0 Å². The predicted octanol–water partition coefficient (Wildman–Crippen LogP) is 1.22. The van der Waals surface area contributed by atoms with E-state index in [1.807, 2.05) is 0 Å². The normalized spacial score (nSPS) is 29.7. The summed E-state index contributed by atoms with van der Waals surface area (Å²) in [5, 5.41) is 3.45. The first kappa shape index (κ1) is 14.3. The van der Waals surface area contributed by atoms with Crippen LogP contribution in [0.4, 0.5) is 0 Å². The quantitative estimate of drug-likeness (QED) is 0.741. The maximum absolute atomic E-state index is 11.7. The molecule has 2 rings (SSSR count). The van der Waals surface area contributed by atoms with Crippen LogP contribution in [-0.4, -0.2) is 46.7 Å². The van der Waals surface area contributed by atoms with Crippen molar-refractivity contribution in [2.24, 2.45) is 11.3 Å². The Morgan fingerprint density at radius 3 is 2.61 bits per heavy atom.